The highest BCUT2D eigenvalue weighted by Gasteiger charge is 2.58. The van der Waals surface area contributed by atoms with E-state index in [0.29, 0.717) is 48.2 Å². The highest BCUT2D eigenvalue weighted by atomic mass is 19.1. The lowest BCUT2D eigenvalue weighted by Gasteiger charge is -2.50. The summed E-state index contributed by atoms with van der Waals surface area (Å²) in [6.45, 7) is 2.85. The summed E-state index contributed by atoms with van der Waals surface area (Å²) >= 11 is 0. The normalized spacial score (nSPS) is 29.3. The molecule has 5 heteroatoms. The first-order valence-electron chi connectivity index (χ1n) is 13.2. The van der Waals surface area contributed by atoms with Gasteiger partial charge in [-0.2, -0.15) is 0 Å². The van der Waals surface area contributed by atoms with E-state index in [-0.39, 0.29) is 23.6 Å². The number of hydrogen-bond acceptors (Lipinski definition) is 3. The minimum Gasteiger partial charge on any atom is -0.508 e. The second kappa shape index (κ2) is 9.75. The van der Waals surface area contributed by atoms with Crippen molar-refractivity contribution in [2.75, 3.05) is 6.54 Å². The van der Waals surface area contributed by atoms with E-state index in [1.54, 1.807) is 12.1 Å². The van der Waals surface area contributed by atoms with E-state index in [0.717, 1.165) is 50.5 Å². The molecule has 186 valence electrons. The summed E-state index contributed by atoms with van der Waals surface area (Å²) in [6, 6.07) is 11.9. The number of ketones is 1. The Morgan fingerprint density at radius 2 is 1.94 bits per heavy atom. The van der Waals surface area contributed by atoms with Gasteiger partial charge >= 0.3 is 0 Å². The number of amides is 1. The van der Waals surface area contributed by atoms with Crippen molar-refractivity contribution in [3.63, 3.8) is 0 Å². The second-order valence-corrected chi connectivity index (χ2v) is 11.2. The van der Waals surface area contributed by atoms with Crippen molar-refractivity contribution >= 4 is 11.7 Å². The Morgan fingerprint density at radius 1 is 1.14 bits per heavy atom. The molecule has 0 heterocycles. The molecule has 1 amide bonds. The maximum atomic E-state index is 13.2. The Hall–Kier alpha value is -2.69. The van der Waals surface area contributed by atoms with E-state index in [4.69, 9.17) is 0 Å². The fourth-order valence-corrected chi connectivity index (χ4v) is 7.50. The number of halogens is 1. The summed E-state index contributed by atoms with van der Waals surface area (Å²) in [5.74, 6) is 2.36. The molecule has 0 aliphatic heterocycles. The number of carbonyl (C=O) groups excluding carboxylic acids is 2. The van der Waals surface area contributed by atoms with Gasteiger partial charge in [-0.25, -0.2) is 4.39 Å². The summed E-state index contributed by atoms with van der Waals surface area (Å²) in [7, 11) is 0. The number of benzene rings is 2. The van der Waals surface area contributed by atoms with Gasteiger partial charge in [0.1, 0.15) is 17.3 Å². The molecule has 35 heavy (non-hydrogen) atoms. The average Bonchev–Trinajstić information content (AvgIpc) is 3.09. The lowest BCUT2D eigenvalue weighted by atomic mass is 9.54. The van der Waals surface area contributed by atoms with Crippen LogP contribution in [0.25, 0.3) is 0 Å². The van der Waals surface area contributed by atoms with Crippen molar-refractivity contribution in [2.45, 2.75) is 70.6 Å². The molecule has 3 aliphatic carbocycles. The van der Waals surface area contributed by atoms with Gasteiger partial charge < -0.3 is 10.4 Å². The fourth-order valence-electron chi connectivity index (χ4n) is 7.50. The predicted molar refractivity (Wildman–Crippen MR) is 134 cm³/mol. The van der Waals surface area contributed by atoms with Crippen LogP contribution in [0.4, 0.5) is 4.39 Å². The van der Waals surface area contributed by atoms with E-state index < -0.39 is 0 Å². The van der Waals surface area contributed by atoms with Gasteiger partial charge in [0.25, 0.3) is 0 Å². The number of aromatic hydroxyl groups is 1. The standard InChI is InChI=1S/C30H36FNO3/c1-30-14-13-25-24-12-10-23(33)17-20(24)7-11-26(25)29(30)21(18-27(30)34)4-2-3-15-32-28(35)16-19-5-8-22(31)9-6-19/h5-6,8-10,12,17,21,25-26,29,33H,2-4,7,11,13-16,18H2,1H3,(H,32,35)/t21?,25?,26?,29?,30-/m1/s1. The van der Waals surface area contributed by atoms with Gasteiger partial charge in [0.15, 0.2) is 0 Å². The van der Waals surface area contributed by atoms with E-state index >= 15 is 0 Å². The van der Waals surface area contributed by atoms with Crippen molar-refractivity contribution in [3.8, 4) is 5.75 Å². The number of phenolic OH excluding ortho intramolecular Hbond substituents is 1. The third-order valence-corrected chi connectivity index (χ3v) is 9.16. The molecule has 2 saturated carbocycles. The summed E-state index contributed by atoms with van der Waals surface area (Å²) in [5.41, 5.74) is 3.29. The van der Waals surface area contributed by atoms with E-state index in [1.807, 2.05) is 12.1 Å². The minimum absolute atomic E-state index is 0.0396. The van der Waals surface area contributed by atoms with Crippen LogP contribution in [0, 0.1) is 29.0 Å². The Bertz CT molecular complexity index is 1100. The molecule has 0 saturated heterocycles. The fraction of sp³-hybridized carbons (Fsp3) is 0.533. The number of aryl methyl sites for hydroxylation is 1. The van der Waals surface area contributed by atoms with Crippen molar-refractivity contribution in [1.82, 2.24) is 5.32 Å². The molecule has 2 aromatic rings. The van der Waals surface area contributed by atoms with Crippen molar-refractivity contribution in [2.24, 2.45) is 23.2 Å². The van der Waals surface area contributed by atoms with Crippen molar-refractivity contribution < 1.29 is 19.1 Å². The molecule has 0 spiro atoms. The Balaban J connectivity index is 1.16. The van der Waals surface area contributed by atoms with Crippen LogP contribution in [0.15, 0.2) is 42.5 Å². The number of fused-ring (bicyclic) bond motifs is 5. The van der Waals surface area contributed by atoms with Crippen molar-refractivity contribution in [1.29, 1.82) is 0 Å². The molecular formula is C30H36FNO3. The number of carbonyl (C=O) groups is 2. The highest BCUT2D eigenvalue weighted by Crippen LogP contribution is 2.62. The highest BCUT2D eigenvalue weighted by molar-refractivity contribution is 5.87. The lowest BCUT2D eigenvalue weighted by Crippen LogP contribution is -2.44. The minimum atomic E-state index is -0.295. The van der Waals surface area contributed by atoms with Crippen LogP contribution in [-0.2, 0) is 22.4 Å². The third kappa shape index (κ3) is 4.74. The van der Waals surface area contributed by atoms with E-state index in [2.05, 4.69) is 18.3 Å². The number of hydrogen-bond donors (Lipinski definition) is 2. The summed E-state index contributed by atoms with van der Waals surface area (Å²) < 4.78 is 13.0. The van der Waals surface area contributed by atoms with Crippen LogP contribution < -0.4 is 5.32 Å². The molecule has 0 radical (unpaired) electrons. The molecule has 5 rings (SSSR count). The first-order chi connectivity index (χ1) is 16.8. The number of rotatable bonds is 7. The molecule has 5 atom stereocenters. The van der Waals surface area contributed by atoms with E-state index in [9.17, 15) is 19.1 Å². The molecule has 4 nitrogen and oxygen atoms in total. The number of Topliss-reactive ketones (excluding diaryl/α,β-unsaturated/α-hetero) is 1. The zero-order valence-electron chi connectivity index (χ0n) is 20.6. The van der Waals surface area contributed by atoms with Crippen LogP contribution in [0.5, 0.6) is 5.75 Å². The van der Waals surface area contributed by atoms with Crippen LogP contribution >= 0.6 is 0 Å². The van der Waals surface area contributed by atoms with Crippen LogP contribution in [0.1, 0.15) is 74.5 Å². The molecule has 2 fully saturated rings. The lowest BCUT2D eigenvalue weighted by molar-refractivity contribution is -0.129. The smallest absolute Gasteiger partial charge is 0.224 e. The Kier molecular flexibility index (Phi) is 6.69. The Labute approximate surface area is 207 Å². The zero-order valence-corrected chi connectivity index (χ0v) is 20.6. The van der Waals surface area contributed by atoms with Gasteiger partial charge in [0, 0.05) is 18.4 Å². The SMILES string of the molecule is C[C@]12CCC3c4ccc(O)cc4CCC3C1C(CCCCNC(=O)Cc1ccc(F)cc1)CC2=O. The molecule has 0 bridgehead atoms. The maximum absolute atomic E-state index is 13.2. The van der Waals surface area contributed by atoms with Crippen molar-refractivity contribution in [3.05, 3.63) is 65.0 Å². The van der Waals surface area contributed by atoms with Gasteiger partial charge in [-0.15, -0.1) is 0 Å². The zero-order chi connectivity index (χ0) is 24.6. The van der Waals surface area contributed by atoms with Gasteiger partial charge in [-0.05, 0) is 103 Å². The van der Waals surface area contributed by atoms with Crippen LogP contribution in [-0.4, -0.2) is 23.3 Å². The molecular weight excluding hydrogens is 441 g/mol. The van der Waals surface area contributed by atoms with E-state index in [1.165, 1.54) is 23.3 Å². The Morgan fingerprint density at radius 3 is 2.74 bits per heavy atom. The maximum Gasteiger partial charge on any atom is 0.224 e. The predicted octanol–water partition coefficient (Wildman–Crippen LogP) is 5.71. The molecule has 4 unspecified atom stereocenters. The van der Waals surface area contributed by atoms with Crippen LogP contribution in [0.2, 0.25) is 0 Å². The number of unbranched alkanes of at least 4 members (excludes halogenated alkanes) is 1. The number of phenols is 1. The van der Waals surface area contributed by atoms with Gasteiger partial charge in [0.05, 0.1) is 6.42 Å². The number of nitrogens with one attached hydrogen (secondary N) is 1. The van der Waals surface area contributed by atoms with Gasteiger partial charge in [0.2, 0.25) is 5.91 Å². The third-order valence-electron chi connectivity index (χ3n) is 9.16. The molecule has 3 aliphatic rings. The average molecular weight is 478 g/mol. The summed E-state index contributed by atoms with van der Waals surface area (Å²) in [4.78, 5) is 25.4. The largest absolute Gasteiger partial charge is 0.508 e. The molecule has 2 aromatic carbocycles. The van der Waals surface area contributed by atoms with Gasteiger partial charge in [-0.3, -0.25) is 9.59 Å². The van der Waals surface area contributed by atoms with Gasteiger partial charge in [-0.1, -0.05) is 31.5 Å². The first-order valence-corrected chi connectivity index (χ1v) is 13.2. The quantitative estimate of drug-likeness (QED) is 0.502. The monoisotopic (exact) mass is 477 g/mol. The molecule has 2 N–H and O–H groups in total. The summed E-state index contributed by atoms with van der Waals surface area (Å²) in [5, 5.41) is 12.9. The van der Waals surface area contributed by atoms with Crippen LogP contribution in [0.3, 0.4) is 0 Å². The topological polar surface area (TPSA) is 66.4 Å². The second-order valence-electron chi connectivity index (χ2n) is 11.2. The molecule has 0 aromatic heterocycles. The summed E-state index contributed by atoms with van der Waals surface area (Å²) in [6.07, 6.45) is 8.02. The first kappa shape index (κ1) is 24.0.